The van der Waals surface area contributed by atoms with Crippen molar-refractivity contribution in [2.24, 2.45) is 0 Å². The first-order valence-electron chi connectivity index (χ1n) is 0.928. The summed E-state index contributed by atoms with van der Waals surface area (Å²) in [7, 11) is 0. The van der Waals surface area contributed by atoms with Crippen LogP contribution in [0.1, 0.15) is 6.92 Å². The Hall–Kier alpha value is 0.543. The van der Waals surface area contributed by atoms with Gasteiger partial charge in [-0.3, -0.25) is 4.79 Å². The molecule has 0 atom stereocenters. The summed E-state index contributed by atoms with van der Waals surface area (Å²) in [5.74, 6) is -0.833. The standard InChI is InChI=1S/C2H4O2.Dy.5H2O/c1-2(3)4;;;;;;/h1H3,(H,3,4);;5*1H2. The second-order valence-electron chi connectivity index (χ2n) is 0.519. The van der Waals surface area contributed by atoms with E-state index in [2.05, 4.69) is 0 Å². The smallest absolute Gasteiger partial charge is 0.300 e. The topological polar surface area (TPSA) is 195 Å². The van der Waals surface area contributed by atoms with E-state index in [9.17, 15) is 0 Å². The molecule has 0 bridgehead atoms. The molecule has 0 spiro atoms. The largest absolute Gasteiger partial charge is 0.481 e. The van der Waals surface area contributed by atoms with Gasteiger partial charge in [-0.25, -0.2) is 0 Å². The van der Waals surface area contributed by atoms with Crippen molar-refractivity contribution >= 4 is 5.97 Å². The summed E-state index contributed by atoms with van der Waals surface area (Å²) in [4.78, 5) is 9.00. The quantitative estimate of drug-likeness (QED) is 0.476. The first kappa shape index (κ1) is 76.5. The van der Waals surface area contributed by atoms with Gasteiger partial charge in [-0.05, 0) is 0 Å². The first-order chi connectivity index (χ1) is 1.73. The third kappa shape index (κ3) is 1650. The number of carbonyl (C=O) groups is 1. The minimum Gasteiger partial charge on any atom is -0.481 e. The first-order valence-corrected chi connectivity index (χ1v) is 0.928. The number of hydrogen-bond acceptors (Lipinski definition) is 1. The summed E-state index contributed by atoms with van der Waals surface area (Å²) in [6.45, 7) is 1.08. The SMILES string of the molecule is CC(=O)O.O.O.O.O.O.[Dy]. The van der Waals surface area contributed by atoms with Crippen LogP contribution in [0.3, 0.4) is 0 Å². The second kappa shape index (κ2) is 55.5. The molecule has 0 heterocycles. The van der Waals surface area contributed by atoms with Crippen LogP contribution in [-0.4, -0.2) is 38.5 Å². The van der Waals surface area contributed by atoms with Crippen molar-refractivity contribution in [3.05, 3.63) is 0 Å². The Balaban J connectivity index is -0.00000000300. The summed E-state index contributed by atoms with van der Waals surface area (Å²) in [6.07, 6.45) is 0. The van der Waals surface area contributed by atoms with Gasteiger partial charge >= 0.3 is 0 Å². The minimum atomic E-state index is -0.833. The van der Waals surface area contributed by atoms with E-state index in [1.807, 2.05) is 0 Å². The summed E-state index contributed by atoms with van der Waals surface area (Å²) < 4.78 is 0. The van der Waals surface area contributed by atoms with Gasteiger partial charge in [-0.2, -0.15) is 0 Å². The van der Waals surface area contributed by atoms with Crippen LogP contribution in [0, 0.1) is 38.2 Å². The molecular formula is C2H14DyO7. The fraction of sp³-hybridized carbons (Fsp3) is 0.500. The van der Waals surface area contributed by atoms with Crippen molar-refractivity contribution < 1.29 is 75.5 Å². The molecule has 0 aliphatic heterocycles. The zero-order chi connectivity index (χ0) is 3.58. The molecule has 0 aromatic carbocycles. The van der Waals surface area contributed by atoms with Gasteiger partial charge in [0.1, 0.15) is 0 Å². The summed E-state index contributed by atoms with van der Waals surface area (Å²) in [6, 6.07) is 0. The zero-order valence-corrected chi connectivity index (χ0v) is 7.20. The Morgan fingerprint density at radius 1 is 1.00 bits per heavy atom. The van der Waals surface area contributed by atoms with Crippen molar-refractivity contribution in [3.8, 4) is 0 Å². The molecule has 0 aliphatic carbocycles. The van der Waals surface area contributed by atoms with Crippen LogP contribution >= 0.6 is 0 Å². The fourth-order valence-corrected chi connectivity index (χ4v) is 0. The van der Waals surface area contributed by atoms with Crippen LogP contribution in [-0.2, 0) is 4.79 Å². The van der Waals surface area contributed by atoms with Gasteiger partial charge in [0, 0.05) is 45.1 Å². The number of carboxylic acid groups (broad SMARTS) is 1. The van der Waals surface area contributed by atoms with E-state index in [-0.39, 0.29) is 65.6 Å². The summed E-state index contributed by atoms with van der Waals surface area (Å²) >= 11 is 0. The molecule has 7 nitrogen and oxygen atoms in total. The van der Waals surface area contributed by atoms with E-state index >= 15 is 0 Å². The van der Waals surface area contributed by atoms with E-state index in [1.165, 1.54) is 0 Å². The molecule has 74 valence electrons. The average Bonchev–Trinajstić information content (AvgIpc) is 0.811. The normalized spacial score (nSPS) is 2.50. The predicted octanol–water partition coefficient (Wildman–Crippen LogP) is -4.03. The molecule has 0 aromatic heterocycles. The van der Waals surface area contributed by atoms with E-state index < -0.39 is 5.97 Å². The van der Waals surface area contributed by atoms with Crippen LogP contribution in [0.2, 0.25) is 0 Å². The molecule has 0 aromatic rings. The Bertz CT molecular complexity index is 34.6. The van der Waals surface area contributed by atoms with Gasteiger partial charge in [0.15, 0.2) is 0 Å². The van der Waals surface area contributed by atoms with Gasteiger partial charge in [0.05, 0.1) is 0 Å². The van der Waals surface area contributed by atoms with Gasteiger partial charge < -0.3 is 32.5 Å². The number of hydrogen-bond donors (Lipinski definition) is 1. The Morgan fingerprint density at radius 3 is 1.00 bits per heavy atom. The maximum Gasteiger partial charge on any atom is 0.300 e. The molecule has 8 heteroatoms. The van der Waals surface area contributed by atoms with Crippen LogP contribution in [0.25, 0.3) is 0 Å². The van der Waals surface area contributed by atoms with E-state index in [0.717, 1.165) is 6.92 Å². The van der Waals surface area contributed by atoms with Crippen molar-refractivity contribution in [1.29, 1.82) is 0 Å². The van der Waals surface area contributed by atoms with E-state index in [4.69, 9.17) is 9.90 Å². The van der Waals surface area contributed by atoms with Crippen molar-refractivity contribution in [2.75, 3.05) is 0 Å². The molecule has 0 saturated carbocycles. The van der Waals surface area contributed by atoms with Gasteiger partial charge in [-0.1, -0.05) is 0 Å². The van der Waals surface area contributed by atoms with Crippen molar-refractivity contribution in [1.82, 2.24) is 0 Å². The van der Waals surface area contributed by atoms with Crippen LogP contribution in [0.15, 0.2) is 0 Å². The molecule has 0 saturated heterocycles. The molecule has 0 rings (SSSR count). The molecule has 0 fully saturated rings. The number of rotatable bonds is 0. The third-order valence-electron chi connectivity index (χ3n) is 0. The third-order valence-corrected chi connectivity index (χ3v) is 0. The zero-order valence-electron chi connectivity index (χ0n) is 5.17. The Labute approximate surface area is 88.0 Å². The average molecular weight is 313 g/mol. The summed E-state index contributed by atoms with van der Waals surface area (Å²) in [5, 5.41) is 7.42. The van der Waals surface area contributed by atoms with Gasteiger partial charge in [-0.15, -0.1) is 0 Å². The molecule has 0 amide bonds. The van der Waals surface area contributed by atoms with Crippen LogP contribution < -0.4 is 0 Å². The second-order valence-corrected chi connectivity index (χ2v) is 0.519. The predicted molar refractivity (Wildman–Crippen MR) is 31.4 cm³/mol. The fourth-order valence-electron chi connectivity index (χ4n) is 0. The van der Waals surface area contributed by atoms with E-state index in [0.29, 0.717) is 0 Å². The Morgan fingerprint density at radius 2 is 1.00 bits per heavy atom. The molecule has 0 radical (unpaired) electrons. The van der Waals surface area contributed by atoms with Crippen molar-refractivity contribution in [3.63, 3.8) is 0 Å². The number of carboxylic acids is 1. The minimum absolute atomic E-state index is 0. The summed E-state index contributed by atoms with van der Waals surface area (Å²) in [5.41, 5.74) is 0. The molecule has 11 N–H and O–H groups in total. The van der Waals surface area contributed by atoms with Crippen LogP contribution in [0.5, 0.6) is 0 Å². The maximum absolute atomic E-state index is 9.00. The van der Waals surface area contributed by atoms with Crippen LogP contribution in [0.4, 0.5) is 0 Å². The maximum atomic E-state index is 9.00. The van der Waals surface area contributed by atoms with E-state index in [1.54, 1.807) is 0 Å². The van der Waals surface area contributed by atoms with Gasteiger partial charge in [0.25, 0.3) is 5.97 Å². The Kier molecular flexibility index (Phi) is 424. The number of aliphatic carboxylic acids is 1. The molecule has 0 unspecified atom stereocenters. The van der Waals surface area contributed by atoms with Gasteiger partial charge in [0.2, 0.25) is 0 Å². The molecule has 10 heavy (non-hydrogen) atoms. The van der Waals surface area contributed by atoms with Crippen molar-refractivity contribution in [2.45, 2.75) is 6.92 Å². The molecular weight excluding hydrogens is 299 g/mol. The molecule has 0 aliphatic rings. The monoisotopic (exact) mass is 314 g/mol.